The van der Waals surface area contributed by atoms with Crippen LogP contribution >= 0.6 is 0 Å². The number of sulfonamides is 1. The highest BCUT2D eigenvalue weighted by molar-refractivity contribution is 7.89. The molecule has 11 heteroatoms. The van der Waals surface area contributed by atoms with Crippen molar-refractivity contribution in [1.29, 1.82) is 0 Å². The Morgan fingerprint density at radius 3 is 2.09 bits per heavy atom. The van der Waals surface area contributed by atoms with E-state index in [9.17, 15) is 23.1 Å². The number of hydrazine groups is 1. The molecule has 0 aliphatic carbocycles. The summed E-state index contributed by atoms with van der Waals surface area (Å²) >= 11 is 0. The summed E-state index contributed by atoms with van der Waals surface area (Å²) in [4.78, 5) is 27.0. The minimum atomic E-state index is -4.03. The van der Waals surface area contributed by atoms with E-state index in [0.717, 1.165) is 29.0 Å². The minimum absolute atomic E-state index is 0.00293. The first kappa shape index (κ1) is 36.5. The molecule has 0 fully saturated rings. The molecule has 3 aromatic rings. The fraction of sp³-hybridized carbons (Fsp3) is 0.429. The van der Waals surface area contributed by atoms with Crippen molar-refractivity contribution >= 4 is 22.0 Å². The number of hydrogen-bond acceptors (Lipinski definition) is 7. The summed E-state index contributed by atoms with van der Waals surface area (Å²) in [7, 11) is -2.53. The van der Waals surface area contributed by atoms with Crippen molar-refractivity contribution in [1.82, 2.24) is 14.7 Å². The van der Waals surface area contributed by atoms with Gasteiger partial charge >= 0.3 is 6.09 Å². The lowest BCUT2D eigenvalue weighted by Crippen LogP contribution is -2.59. The van der Waals surface area contributed by atoms with Gasteiger partial charge < -0.3 is 14.6 Å². The van der Waals surface area contributed by atoms with Crippen LogP contribution in [0.25, 0.3) is 0 Å². The molecule has 0 saturated heterocycles. The summed E-state index contributed by atoms with van der Waals surface area (Å²) in [6.07, 6.45) is 0.0444. The Bertz CT molecular complexity index is 1450. The van der Waals surface area contributed by atoms with Crippen molar-refractivity contribution in [2.75, 3.05) is 20.2 Å². The summed E-state index contributed by atoms with van der Waals surface area (Å²) in [6, 6.07) is 23.4. The summed E-state index contributed by atoms with van der Waals surface area (Å²) in [6.45, 7) is 5.69. The van der Waals surface area contributed by atoms with E-state index in [2.05, 4.69) is 5.43 Å². The zero-order valence-corrected chi connectivity index (χ0v) is 28.0. The molecule has 0 aromatic heterocycles. The maximum atomic E-state index is 13.8. The summed E-state index contributed by atoms with van der Waals surface area (Å²) < 4.78 is 39.6. The number of rotatable bonds is 17. The second kappa shape index (κ2) is 18.3. The van der Waals surface area contributed by atoms with Gasteiger partial charge in [0.15, 0.2) is 0 Å². The van der Waals surface area contributed by atoms with Crippen LogP contribution in [0.3, 0.4) is 0 Å². The van der Waals surface area contributed by atoms with Crippen LogP contribution in [0.2, 0.25) is 0 Å². The van der Waals surface area contributed by atoms with Gasteiger partial charge in [-0.25, -0.2) is 23.6 Å². The van der Waals surface area contributed by atoms with E-state index in [1.54, 1.807) is 12.1 Å². The average Bonchev–Trinajstić information content (AvgIpc) is 3.07. The number of carbonyl (C=O) groups excluding carboxylic acids is 2. The van der Waals surface area contributed by atoms with Crippen LogP contribution in [0, 0.1) is 5.92 Å². The van der Waals surface area contributed by atoms with E-state index in [-0.39, 0.29) is 43.4 Å². The van der Waals surface area contributed by atoms with Crippen LogP contribution in [0.1, 0.15) is 57.6 Å². The predicted octanol–water partition coefficient (Wildman–Crippen LogP) is 5.56. The molecule has 0 radical (unpaired) electrons. The molecule has 3 atom stereocenters. The molecule has 3 aromatic carbocycles. The molecule has 0 spiro atoms. The van der Waals surface area contributed by atoms with E-state index in [1.807, 2.05) is 81.4 Å². The summed E-state index contributed by atoms with van der Waals surface area (Å²) in [5.41, 5.74) is 4.16. The van der Waals surface area contributed by atoms with Gasteiger partial charge in [0.05, 0.1) is 24.2 Å². The monoisotopic (exact) mass is 653 g/mol. The first-order valence-corrected chi connectivity index (χ1v) is 17.2. The second-order valence-corrected chi connectivity index (χ2v) is 13.3. The fourth-order valence-electron chi connectivity index (χ4n) is 4.85. The molecule has 46 heavy (non-hydrogen) atoms. The standard InChI is InChI=1S/C35H47N3O7S/c1-5-7-22-37(46(42,43)31-20-18-30(44-4)19-21-31)25-33(39)32(24-28-14-10-8-11-15-28)38(34(40)23-27(3)6-2)36-35(41)45-26-29-16-12-9-13-17-29/h8-21,27,32-33,39H,5-7,22-26H2,1-4H3,(H,36,41)/t27-,32-,33+/m0/s1. The quantitative estimate of drug-likeness (QED) is 0.183. The number of hydrogen-bond donors (Lipinski definition) is 2. The Morgan fingerprint density at radius 2 is 1.52 bits per heavy atom. The van der Waals surface area contributed by atoms with Gasteiger partial charge in [-0.05, 0) is 54.2 Å². The molecule has 0 unspecified atom stereocenters. The van der Waals surface area contributed by atoms with E-state index in [1.165, 1.54) is 23.5 Å². The van der Waals surface area contributed by atoms with Crippen molar-refractivity contribution in [3.8, 4) is 5.75 Å². The molecular weight excluding hydrogens is 606 g/mol. The van der Waals surface area contributed by atoms with E-state index in [0.29, 0.717) is 12.2 Å². The smallest absolute Gasteiger partial charge is 0.426 e. The Kier molecular flexibility index (Phi) is 14.5. The highest BCUT2D eigenvalue weighted by Crippen LogP contribution is 2.23. The first-order valence-electron chi connectivity index (χ1n) is 15.7. The second-order valence-electron chi connectivity index (χ2n) is 11.4. The molecule has 0 saturated carbocycles. The molecule has 10 nitrogen and oxygen atoms in total. The van der Waals surface area contributed by atoms with Crippen LogP contribution in [0.15, 0.2) is 89.8 Å². The lowest BCUT2D eigenvalue weighted by atomic mass is 9.98. The Morgan fingerprint density at radius 1 is 0.913 bits per heavy atom. The maximum Gasteiger partial charge on any atom is 0.426 e. The number of aliphatic hydroxyl groups is 1. The topological polar surface area (TPSA) is 125 Å². The number of carbonyl (C=O) groups is 2. The molecule has 3 rings (SSSR count). The molecule has 250 valence electrons. The minimum Gasteiger partial charge on any atom is -0.497 e. The van der Waals surface area contributed by atoms with Crippen LogP contribution < -0.4 is 10.2 Å². The van der Waals surface area contributed by atoms with Gasteiger partial charge in [-0.3, -0.25) is 4.79 Å². The van der Waals surface area contributed by atoms with Gasteiger partial charge in [0.2, 0.25) is 15.9 Å². The number of methoxy groups -OCH3 is 1. The highest BCUT2D eigenvalue weighted by atomic mass is 32.2. The molecule has 2 amide bonds. The summed E-state index contributed by atoms with van der Waals surface area (Å²) in [5.74, 6) is 0.106. The van der Waals surface area contributed by atoms with Gasteiger partial charge in [-0.15, -0.1) is 0 Å². The normalized spacial score (nSPS) is 13.4. The Balaban J connectivity index is 1.96. The van der Waals surface area contributed by atoms with Crippen molar-refractivity contribution in [3.05, 3.63) is 96.1 Å². The van der Waals surface area contributed by atoms with Crippen molar-refractivity contribution in [3.63, 3.8) is 0 Å². The van der Waals surface area contributed by atoms with Crippen LogP contribution in [0.5, 0.6) is 5.75 Å². The number of benzene rings is 3. The third-order valence-electron chi connectivity index (χ3n) is 7.83. The van der Waals surface area contributed by atoms with Crippen LogP contribution in [-0.4, -0.2) is 67.2 Å². The zero-order valence-electron chi connectivity index (χ0n) is 27.2. The number of ether oxygens (including phenoxy) is 2. The Hall–Kier alpha value is -3.93. The van der Waals surface area contributed by atoms with Gasteiger partial charge in [0, 0.05) is 19.5 Å². The van der Waals surface area contributed by atoms with Crippen molar-refractivity contribution in [2.24, 2.45) is 5.92 Å². The zero-order chi connectivity index (χ0) is 33.5. The molecule has 0 aliphatic rings. The van der Waals surface area contributed by atoms with Gasteiger partial charge in [-0.2, -0.15) is 4.31 Å². The third-order valence-corrected chi connectivity index (χ3v) is 9.70. The van der Waals surface area contributed by atoms with Crippen molar-refractivity contribution in [2.45, 2.75) is 76.5 Å². The van der Waals surface area contributed by atoms with Gasteiger partial charge in [-0.1, -0.05) is 94.3 Å². The molecule has 0 heterocycles. The number of nitrogens with zero attached hydrogens (tertiary/aromatic N) is 2. The van der Waals surface area contributed by atoms with Crippen molar-refractivity contribution < 1.29 is 32.6 Å². The number of unbranched alkanes of at least 4 members (excludes halogenated alkanes) is 1. The number of aliphatic hydroxyl groups excluding tert-OH is 1. The average molecular weight is 654 g/mol. The number of nitrogens with one attached hydrogen (secondary N) is 1. The molecule has 2 N–H and O–H groups in total. The van der Waals surface area contributed by atoms with E-state index in [4.69, 9.17) is 9.47 Å². The predicted molar refractivity (Wildman–Crippen MR) is 177 cm³/mol. The van der Waals surface area contributed by atoms with Gasteiger partial charge in [0.25, 0.3) is 0 Å². The molecule has 0 bridgehead atoms. The largest absolute Gasteiger partial charge is 0.497 e. The lowest BCUT2D eigenvalue weighted by molar-refractivity contribution is -0.141. The van der Waals surface area contributed by atoms with E-state index >= 15 is 0 Å². The summed E-state index contributed by atoms with van der Waals surface area (Å²) in [5, 5.41) is 13.0. The number of amides is 2. The fourth-order valence-corrected chi connectivity index (χ4v) is 6.35. The highest BCUT2D eigenvalue weighted by Gasteiger charge is 2.36. The SMILES string of the molecule is CCCCN(C[C@@H](O)[C@H](Cc1ccccc1)N(NC(=O)OCc1ccccc1)C(=O)C[C@@H](C)CC)S(=O)(=O)c1ccc(OC)cc1. The molecule has 0 aliphatic heterocycles. The van der Waals surface area contributed by atoms with E-state index < -0.39 is 34.2 Å². The maximum absolute atomic E-state index is 13.8. The van der Waals surface area contributed by atoms with Crippen LogP contribution in [0.4, 0.5) is 4.79 Å². The first-order chi connectivity index (χ1) is 22.1. The Labute approximate surface area is 273 Å². The third kappa shape index (κ3) is 10.9. The molecular formula is C35H47N3O7S. The van der Waals surface area contributed by atoms with Crippen LogP contribution in [-0.2, 0) is 32.6 Å². The lowest BCUT2D eigenvalue weighted by Gasteiger charge is -2.37. The van der Waals surface area contributed by atoms with Gasteiger partial charge in [0.1, 0.15) is 12.4 Å².